The highest BCUT2D eigenvalue weighted by molar-refractivity contribution is 9.10. The van der Waals surface area contributed by atoms with Crippen LogP contribution in [0.1, 0.15) is 21.5 Å². The Kier molecular flexibility index (Phi) is 4.03. The fourth-order valence-electron chi connectivity index (χ4n) is 2.53. The smallest absolute Gasteiger partial charge is 0.256 e. The van der Waals surface area contributed by atoms with E-state index in [1.54, 1.807) is 18.2 Å². The first-order chi connectivity index (χ1) is 10.1. The molecule has 0 spiro atoms. The molecule has 108 valence electrons. The van der Waals surface area contributed by atoms with E-state index in [1.165, 1.54) is 6.07 Å². The highest BCUT2D eigenvalue weighted by atomic mass is 79.9. The monoisotopic (exact) mass is 348 g/mol. The minimum absolute atomic E-state index is 0.190. The summed E-state index contributed by atoms with van der Waals surface area (Å²) in [6.07, 6.45) is 0.807. The number of amides is 1. The van der Waals surface area contributed by atoms with E-state index in [4.69, 9.17) is 0 Å². The topological polar surface area (TPSA) is 41.1 Å². The van der Waals surface area contributed by atoms with E-state index in [9.17, 15) is 9.18 Å². The molecule has 0 unspecified atom stereocenters. The molecule has 2 aromatic rings. The largest absolute Gasteiger partial charge is 0.319 e. The van der Waals surface area contributed by atoms with Crippen molar-refractivity contribution in [3.63, 3.8) is 0 Å². The van der Waals surface area contributed by atoms with E-state index < -0.39 is 5.82 Å². The van der Waals surface area contributed by atoms with Gasteiger partial charge in [-0.1, -0.05) is 28.1 Å². The normalized spacial score (nSPS) is 13.6. The minimum atomic E-state index is -0.454. The molecular weight excluding hydrogens is 335 g/mol. The molecule has 0 fully saturated rings. The summed E-state index contributed by atoms with van der Waals surface area (Å²) in [7, 11) is 0. The standard InChI is InChI=1S/C16H14BrFN2O/c17-11-4-5-15(14(18)8-11)20-16(21)13-3-1-2-10-9-19-7-6-12(10)13/h1-5,8,19H,6-7,9H2,(H,20,21). The van der Waals surface area contributed by atoms with E-state index in [2.05, 4.69) is 26.6 Å². The molecule has 0 aliphatic carbocycles. The Hall–Kier alpha value is -1.72. The van der Waals surface area contributed by atoms with Crippen LogP contribution in [0, 0.1) is 5.82 Å². The first-order valence-corrected chi connectivity index (χ1v) is 7.52. The van der Waals surface area contributed by atoms with Gasteiger partial charge in [0.05, 0.1) is 5.69 Å². The van der Waals surface area contributed by atoms with Crippen molar-refractivity contribution in [2.24, 2.45) is 0 Å². The molecule has 0 bridgehead atoms. The summed E-state index contributed by atoms with van der Waals surface area (Å²) >= 11 is 3.20. The number of hydrogen-bond acceptors (Lipinski definition) is 2. The highest BCUT2D eigenvalue weighted by Crippen LogP contribution is 2.23. The third kappa shape index (κ3) is 2.99. The fourth-order valence-corrected chi connectivity index (χ4v) is 2.86. The molecule has 0 saturated heterocycles. The van der Waals surface area contributed by atoms with E-state index in [1.807, 2.05) is 12.1 Å². The van der Waals surface area contributed by atoms with Crippen molar-refractivity contribution in [3.05, 3.63) is 63.4 Å². The molecule has 1 heterocycles. The average Bonchev–Trinajstić information content (AvgIpc) is 2.49. The number of benzene rings is 2. The Morgan fingerprint density at radius 2 is 2.14 bits per heavy atom. The Bertz CT molecular complexity index is 703. The maximum Gasteiger partial charge on any atom is 0.256 e. The second-order valence-corrected chi connectivity index (χ2v) is 5.86. The van der Waals surface area contributed by atoms with Crippen LogP contribution in [0.3, 0.4) is 0 Å². The molecule has 2 N–H and O–H groups in total. The average molecular weight is 349 g/mol. The van der Waals surface area contributed by atoms with Gasteiger partial charge in [-0.15, -0.1) is 0 Å². The van der Waals surface area contributed by atoms with E-state index in [-0.39, 0.29) is 11.6 Å². The summed E-state index contributed by atoms with van der Waals surface area (Å²) in [5.41, 5.74) is 2.99. The van der Waals surface area contributed by atoms with Crippen LogP contribution in [0.4, 0.5) is 10.1 Å². The molecule has 3 rings (SSSR count). The van der Waals surface area contributed by atoms with Gasteiger partial charge in [0.25, 0.3) is 5.91 Å². The van der Waals surface area contributed by atoms with E-state index in [0.29, 0.717) is 10.0 Å². The van der Waals surface area contributed by atoms with Crippen LogP contribution < -0.4 is 10.6 Å². The van der Waals surface area contributed by atoms with Gasteiger partial charge in [0.2, 0.25) is 0 Å². The molecule has 3 nitrogen and oxygen atoms in total. The number of halogens is 2. The number of carbonyl (C=O) groups is 1. The summed E-state index contributed by atoms with van der Waals surface area (Å²) < 4.78 is 14.5. The molecule has 0 saturated carbocycles. The number of anilines is 1. The van der Waals surface area contributed by atoms with Gasteiger partial charge < -0.3 is 10.6 Å². The minimum Gasteiger partial charge on any atom is -0.319 e. The van der Waals surface area contributed by atoms with Gasteiger partial charge >= 0.3 is 0 Å². The van der Waals surface area contributed by atoms with Crippen LogP contribution in [-0.2, 0) is 13.0 Å². The van der Waals surface area contributed by atoms with Crippen LogP contribution in [0.15, 0.2) is 40.9 Å². The molecule has 0 atom stereocenters. The zero-order valence-electron chi connectivity index (χ0n) is 11.2. The van der Waals surface area contributed by atoms with E-state index >= 15 is 0 Å². The third-order valence-electron chi connectivity index (χ3n) is 3.56. The summed E-state index contributed by atoms with van der Waals surface area (Å²) in [5.74, 6) is -0.723. The van der Waals surface area contributed by atoms with Crippen LogP contribution in [0.2, 0.25) is 0 Å². The summed E-state index contributed by atoms with van der Waals surface area (Å²) in [4.78, 5) is 12.4. The van der Waals surface area contributed by atoms with Gasteiger partial charge in [0, 0.05) is 16.6 Å². The zero-order valence-corrected chi connectivity index (χ0v) is 12.8. The van der Waals surface area contributed by atoms with Crippen LogP contribution in [0.25, 0.3) is 0 Å². The van der Waals surface area contributed by atoms with Gasteiger partial charge in [-0.2, -0.15) is 0 Å². The first-order valence-electron chi connectivity index (χ1n) is 6.73. The van der Waals surface area contributed by atoms with Crippen molar-refractivity contribution in [2.75, 3.05) is 11.9 Å². The fraction of sp³-hybridized carbons (Fsp3) is 0.188. The predicted octanol–water partition coefficient (Wildman–Crippen LogP) is 3.49. The van der Waals surface area contributed by atoms with Gasteiger partial charge in [-0.25, -0.2) is 4.39 Å². The van der Waals surface area contributed by atoms with Crippen molar-refractivity contribution in [3.8, 4) is 0 Å². The number of nitrogens with one attached hydrogen (secondary N) is 2. The van der Waals surface area contributed by atoms with Gasteiger partial charge in [-0.3, -0.25) is 4.79 Å². The molecule has 0 aromatic heterocycles. The molecule has 1 aliphatic heterocycles. The second kappa shape index (κ2) is 5.95. The molecular formula is C16H14BrFN2O. The zero-order chi connectivity index (χ0) is 14.8. The Morgan fingerprint density at radius 3 is 2.95 bits per heavy atom. The second-order valence-electron chi connectivity index (χ2n) is 4.95. The maximum atomic E-state index is 13.8. The number of hydrogen-bond donors (Lipinski definition) is 2. The summed E-state index contributed by atoms with van der Waals surface area (Å²) in [5, 5.41) is 5.92. The lowest BCUT2D eigenvalue weighted by Crippen LogP contribution is -2.26. The van der Waals surface area contributed by atoms with Crippen molar-refractivity contribution in [2.45, 2.75) is 13.0 Å². The van der Waals surface area contributed by atoms with Crippen molar-refractivity contribution in [1.82, 2.24) is 5.32 Å². The third-order valence-corrected chi connectivity index (χ3v) is 4.06. The Labute approximate surface area is 130 Å². The van der Waals surface area contributed by atoms with Gasteiger partial charge in [-0.05, 0) is 48.4 Å². The number of fused-ring (bicyclic) bond motifs is 1. The molecule has 1 amide bonds. The molecule has 5 heteroatoms. The van der Waals surface area contributed by atoms with Gasteiger partial charge in [0.15, 0.2) is 0 Å². The summed E-state index contributed by atoms with van der Waals surface area (Å²) in [6.45, 7) is 1.62. The lowest BCUT2D eigenvalue weighted by atomic mass is 9.95. The Balaban J connectivity index is 1.89. The van der Waals surface area contributed by atoms with Gasteiger partial charge in [0.1, 0.15) is 5.82 Å². The lowest BCUT2D eigenvalue weighted by molar-refractivity contribution is 0.102. The number of carbonyl (C=O) groups excluding carboxylic acids is 1. The molecule has 2 aromatic carbocycles. The number of rotatable bonds is 2. The highest BCUT2D eigenvalue weighted by Gasteiger charge is 2.18. The van der Waals surface area contributed by atoms with E-state index in [0.717, 1.165) is 30.6 Å². The quantitative estimate of drug-likeness (QED) is 0.872. The van der Waals surface area contributed by atoms with Crippen molar-refractivity contribution < 1.29 is 9.18 Å². The van der Waals surface area contributed by atoms with Crippen molar-refractivity contribution in [1.29, 1.82) is 0 Å². The molecule has 0 radical (unpaired) electrons. The first kappa shape index (κ1) is 14.2. The van der Waals surface area contributed by atoms with Crippen LogP contribution >= 0.6 is 15.9 Å². The lowest BCUT2D eigenvalue weighted by Gasteiger charge is -2.20. The molecule has 21 heavy (non-hydrogen) atoms. The molecule has 1 aliphatic rings. The Morgan fingerprint density at radius 1 is 1.29 bits per heavy atom. The maximum absolute atomic E-state index is 13.8. The van der Waals surface area contributed by atoms with Crippen LogP contribution in [-0.4, -0.2) is 12.5 Å². The SMILES string of the molecule is O=C(Nc1ccc(Br)cc1F)c1cccc2c1CCNC2. The van der Waals surface area contributed by atoms with Crippen molar-refractivity contribution >= 4 is 27.5 Å². The summed E-state index contributed by atoms with van der Waals surface area (Å²) in [6, 6.07) is 10.2. The predicted molar refractivity (Wildman–Crippen MR) is 83.9 cm³/mol. The van der Waals surface area contributed by atoms with Crippen LogP contribution in [0.5, 0.6) is 0 Å².